The second-order valence-corrected chi connectivity index (χ2v) is 9.63. The van der Waals surface area contributed by atoms with Gasteiger partial charge in [0.2, 0.25) is 0 Å². The number of aromatic nitrogens is 2. The van der Waals surface area contributed by atoms with Crippen molar-refractivity contribution >= 4 is 56.7 Å². The maximum atomic E-state index is 13.4. The number of halogens is 3. The van der Waals surface area contributed by atoms with Gasteiger partial charge in [0.05, 0.1) is 11.2 Å². The second-order valence-electron chi connectivity index (χ2n) is 6.61. The monoisotopic (exact) mass is 504 g/mol. The fourth-order valence-corrected chi connectivity index (χ4v) is 5.07. The molecule has 162 valence electrons. The highest BCUT2D eigenvalue weighted by atomic mass is 35.5. The van der Waals surface area contributed by atoms with Crippen LogP contribution in [-0.2, 0) is 10.0 Å². The van der Waals surface area contributed by atoms with Crippen molar-refractivity contribution in [2.45, 2.75) is 4.90 Å². The van der Waals surface area contributed by atoms with Crippen LogP contribution in [0.3, 0.4) is 0 Å². The van der Waals surface area contributed by atoms with E-state index in [2.05, 4.69) is 5.10 Å². The van der Waals surface area contributed by atoms with Crippen molar-refractivity contribution in [3.05, 3.63) is 111 Å². The van der Waals surface area contributed by atoms with E-state index < -0.39 is 10.0 Å². The Hall–Kier alpha value is -2.77. The van der Waals surface area contributed by atoms with Crippen LogP contribution in [0, 0.1) is 0 Å². The van der Waals surface area contributed by atoms with Gasteiger partial charge in [-0.05, 0) is 60.2 Å². The molecule has 0 atom stereocenters. The molecule has 0 aliphatic rings. The largest absolute Gasteiger partial charge is 0.455 e. The summed E-state index contributed by atoms with van der Waals surface area (Å²) in [5.41, 5.74) is 1.03. The molecule has 0 saturated carbocycles. The van der Waals surface area contributed by atoms with Gasteiger partial charge in [-0.15, -0.1) is 4.09 Å². The highest BCUT2D eigenvalue weighted by Gasteiger charge is 2.26. The van der Waals surface area contributed by atoms with Crippen LogP contribution < -0.4 is 4.74 Å². The van der Waals surface area contributed by atoms with Gasteiger partial charge in [-0.2, -0.15) is 13.5 Å². The van der Waals surface area contributed by atoms with Crippen molar-refractivity contribution in [1.29, 1.82) is 0 Å². The van der Waals surface area contributed by atoms with E-state index >= 15 is 0 Å². The second kappa shape index (κ2) is 9.38. The third-order valence-corrected chi connectivity index (χ3v) is 6.97. The van der Waals surface area contributed by atoms with E-state index in [0.717, 1.165) is 9.65 Å². The first-order chi connectivity index (χ1) is 15.3. The number of ether oxygens (including phenoxy) is 1. The van der Waals surface area contributed by atoms with Crippen LogP contribution in [0.2, 0.25) is 15.1 Å². The minimum absolute atomic E-state index is 0.00819. The van der Waals surface area contributed by atoms with Gasteiger partial charge in [0.25, 0.3) is 10.0 Å². The quantitative estimate of drug-likeness (QED) is 0.275. The summed E-state index contributed by atoms with van der Waals surface area (Å²) in [4.78, 5) is -0.126. The fraction of sp³-hybridized carbons (Fsp3) is 0. The maximum absolute atomic E-state index is 13.4. The minimum Gasteiger partial charge on any atom is -0.455 e. The zero-order valence-corrected chi connectivity index (χ0v) is 19.4. The molecule has 5 nitrogen and oxygen atoms in total. The highest BCUT2D eigenvalue weighted by molar-refractivity contribution is 7.90. The predicted octanol–water partition coefficient (Wildman–Crippen LogP) is 6.66. The molecule has 0 bridgehead atoms. The van der Waals surface area contributed by atoms with Crippen molar-refractivity contribution in [3.63, 3.8) is 0 Å². The lowest BCUT2D eigenvalue weighted by molar-refractivity contribution is 0.511. The SMILES string of the molecule is O=S(=O)(c1ccc(Cl)cc1Cl)n1nccc1C(=Cc1ccccc1)Oc1ccc(Cl)cc1. The van der Waals surface area contributed by atoms with E-state index in [1.54, 1.807) is 36.4 Å². The molecule has 4 rings (SSSR count). The molecule has 0 aliphatic carbocycles. The highest BCUT2D eigenvalue weighted by Crippen LogP contribution is 2.30. The summed E-state index contributed by atoms with van der Waals surface area (Å²) < 4.78 is 33.7. The van der Waals surface area contributed by atoms with Crippen molar-refractivity contribution in [1.82, 2.24) is 9.19 Å². The van der Waals surface area contributed by atoms with Gasteiger partial charge in [-0.25, -0.2) is 0 Å². The molecule has 0 unspecified atom stereocenters. The van der Waals surface area contributed by atoms with Crippen LogP contribution in [0.5, 0.6) is 5.75 Å². The summed E-state index contributed by atoms with van der Waals surface area (Å²) >= 11 is 18.1. The first-order valence-electron chi connectivity index (χ1n) is 9.30. The Morgan fingerprint density at radius 3 is 2.25 bits per heavy atom. The van der Waals surface area contributed by atoms with Gasteiger partial charge in [-0.3, -0.25) is 0 Å². The molecule has 1 heterocycles. The standard InChI is InChI=1S/C23H15Cl3N2O3S/c24-17-6-9-19(10-7-17)31-22(14-16-4-2-1-3-5-16)21-12-13-27-28(21)32(29,30)23-11-8-18(25)15-20(23)26/h1-15H. The number of rotatable bonds is 6. The van der Waals surface area contributed by atoms with Crippen molar-refractivity contribution in [2.24, 2.45) is 0 Å². The lowest BCUT2D eigenvalue weighted by Gasteiger charge is -2.14. The molecule has 0 saturated heterocycles. The van der Waals surface area contributed by atoms with Gasteiger partial charge in [0.1, 0.15) is 16.3 Å². The Balaban J connectivity index is 1.84. The fourth-order valence-electron chi connectivity index (χ4n) is 2.92. The molecule has 0 N–H and O–H groups in total. The molecule has 0 aliphatic heterocycles. The van der Waals surface area contributed by atoms with Crippen LogP contribution in [-0.4, -0.2) is 17.6 Å². The Kier molecular flexibility index (Phi) is 6.58. The third-order valence-electron chi connectivity index (χ3n) is 4.40. The topological polar surface area (TPSA) is 61.2 Å². The molecular weight excluding hydrogens is 491 g/mol. The van der Waals surface area contributed by atoms with Gasteiger partial charge in [-0.1, -0.05) is 65.1 Å². The molecule has 9 heteroatoms. The predicted molar refractivity (Wildman–Crippen MR) is 128 cm³/mol. The summed E-state index contributed by atoms with van der Waals surface area (Å²) in [6.45, 7) is 0. The van der Waals surface area contributed by atoms with E-state index in [9.17, 15) is 8.42 Å². The first-order valence-corrected chi connectivity index (χ1v) is 11.9. The zero-order chi connectivity index (χ0) is 22.7. The van der Waals surface area contributed by atoms with Crippen LogP contribution in [0.1, 0.15) is 11.3 Å². The van der Waals surface area contributed by atoms with E-state index in [0.29, 0.717) is 15.8 Å². The van der Waals surface area contributed by atoms with Gasteiger partial charge >= 0.3 is 0 Å². The Morgan fingerprint density at radius 2 is 1.56 bits per heavy atom. The van der Waals surface area contributed by atoms with Crippen molar-refractivity contribution in [3.8, 4) is 5.75 Å². The molecule has 4 aromatic rings. The van der Waals surface area contributed by atoms with E-state index in [4.69, 9.17) is 39.5 Å². The Labute approximate surface area is 200 Å². The number of nitrogens with zero attached hydrogens (tertiary/aromatic N) is 2. The summed E-state index contributed by atoms with van der Waals surface area (Å²) in [7, 11) is -4.14. The van der Waals surface area contributed by atoms with Crippen molar-refractivity contribution < 1.29 is 13.2 Å². The number of hydrogen-bond acceptors (Lipinski definition) is 4. The van der Waals surface area contributed by atoms with Crippen LogP contribution >= 0.6 is 34.8 Å². The summed E-state index contributed by atoms with van der Waals surface area (Å²) in [5.74, 6) is 0.746. The molecular formula is C23H15Cl3N2O3S. The molecule has 1 aromatic heterocycles. The molecule has 0 amide bonds. The third kappa shape index (κ3) is 4.84. The van der Waals surface area contributed by atoms with Gasteiger partial charge < -0.3 is 4.74 Å². The summed E-state index contributed by atoms with van der Waals surface area (Å²) in [5, 5.41) is 4.91. The van der Waals surface area contributed by atoms with Crippen molar-refractivity contribution in [2.75, 3.05) is 0 Å². The molecule has 0 fully saturated rings. The van der Waals surface area contributed by atoms with Crippen LogP contribution in [0.4, 0.5) is 0 Å². The van der Waals surface area contributed by atoms with E-state index in [1.165, 1.54) is 24.4 Å². The molecule has 3 aromatic carbocycles. The van der Waals surface area contributed by atoms with Gasteiger partial charge in [0, 0.05) is 10.0 Å². The van der Waals surface area contributed by atoms with E-state index in [1.807, 2.05) is 30.3 Å². The lowest BCUT2D eigenvalue weighted by atomic mass is 10.2. The molecule has 0 radical (unpaired) electrons. The van der Waals surface area contributed by atoms with E-state index in [-0.39, 0.29) is 21.4 Å². The first kappa shape index (κ1) is 22.4. The average Bonchev–Trinajstić information content (AvgIpc) is 3.26. The lowest BCUT2D eigenvalue weighted by Crippen LogP contribution is -2.18. The zero-order valence-electron chi connectivity index (χ0n) is 16.3. The maximum Gasteiger partial charge on any atom is 0.285 e. The smallest absolute Gasteiger partial charge is 0.285 e. The summed E-state index contributed by atoms with van der Waals surface area (Å²) in [6, 6.07) is 21.8. The summed E-state index contributed by atoms with van der Waals surface area (Å²) in [6.07, 6.45) is 3.10. The molecule has 0 spiro atoms. The Morgan fingerprint density at radius 1 is 0.875 bits per heavy atom. The Bertz CT molecular complexity index is 1380. The molecule has 32 heavy (non-hydrogen) atoms. The number of benzene rings is 3. The number of hydrogen-bond donors (Lipinski definition) is 0. The van der Waals surface area contributed by atoms with Gasteiger partial charge in [0.15, 0.2) is 5.76 Å². The van der Waals surface area contributed by atoms with Crippen LogP contribution in [0.15, 0.2) is 90.0 Å². The van der Waals surface area contributed by atoms with Crippen LogP contribution in [0.25, 0.3) is 11.8 Å². The normalized spacial score (nSPS) is 12.0. The minimum atomic E-state index is -4.14. The average molecular weight is 506 g/mol.